The molecule has 0 bridgehead atoms. The predicted octanol–water partition coefficient (Wildman–Crippen LogP) is 5.11. The fourth-order valence-corrected chi connectivity index (χ4v) is 4.32. The number of carbonyl (C=O) groups excluding carboxylic acids is 1. The van der Waals surface area contributed by atoms with E-state index in [0.717, 1.165) is 35.7 Å². The molecule has 2 aromatic carbocycles. The zero-order chi connectivity index (χ0) is 19.3. The number of benzene rings is 2. The van der Waals surface area contributed by atoms with Crippen LogP contribution < -0.4 is 10.1 Å². The van der Waals surface area contributed by atoms with E-state index < -0.39 is 0 Å². The molecule has 0 radical (unpaired) electrons. The molecule has 1 aliphatic rings. The van der Waals surface area contributed by atoms with Gasteiger partial charge in [0, 0.05) is 10.4 Å². The molecule has 0 saturated heterocycles. The van der Waals surface area contributed by atoms with Crippen LogP contribution in [0, 0.1) is 0 Å². The van der Waals surface area contributed by atoms with Crippen molar-refractivity contribution in [1.82, 2.24) is 10.3 Å². The number of carbonyl (C=O) groups is 1. The van der Waals surface area contributed by atoms with E-state index in [2.05, 4.69) is 28.5 Å². The summed E-state index contributed by atoms with van der Waals surface area (Å²) < 4.78 is 5.71. The van der Waals surface area contributed by atoms with Crippen molar-refractivity contribution < 1.29 is 9.53 Å². The predicted molar refractivity (Wildman–Crippen MR) is 112 cm³/mol. The number of amides is 1. The van der Waals surface area contributed by atoms with Gasteiger partial charge in [-0.3, -0.25) is 4.79 Å². The van der Waals surface area contributed by atoms with Crippen LogP contribution in [0.2, 0.25) is 5.02 Å². The highest BCUT2D eigenvalue weighted by molar-refractivity contribution is 7.09. The minimum absolute atomic E-state index is 0.0113. The molecule has 1 atom stereocenters. The van der Waals surface area contributed by atoms with E-state index in [0.29, 0.717) is 11.6 Å². The Morgan fingerprint density at radius 2 is 2.04 bits per heavy atom. The van der Waals surface area contributed by atoms with Crippen molar-refractivity contribution in [3.63, 3.8) is 0 Å². The summed E-state index contributed by atoms with van der Waals surface area (Å²) in [7, 11) is 0. The summed E-state index contributed by atoms with van der Waals surface area (Å²) in [6.45, 7) is 0.379. The maximum absolute atomic E-state index is 12.5. The van der Waals surface area contributed by atoms with Crippen molar-refractivity contribution >= 4 is 28.8 Å². The highest BCUT2D eigenvalue weighted by atomic mass is 35.5. The van der Waals surface area contributed by atoms with Gasteiger partial charge in [-0.05, 0) is 54.7 Å². The molecule has 0 spiro atoms. The van der Waals surface area contributed by atoms with Gasteiger partial charge in [0.2, 0.25) is 5.91 Å². The molecule has 144 valence electrons. The summed E-state index contributed by atoms with van der Waals surface area (Å²) in [6.07, 6.45) is 3.46. The van der Waals surface area contributed by atoms with Crippen molar-refractivity contribution in [2.24, 2.45) is 0 Å². The highest BCUT2D eigenvalue weighted by Gasteiger charge is 2.21. The van der Waals surface area contributed by atoms with Gasteiger partial charge in [-0.2, -0.15) is 0 Å². The van der Waals surface area contributed by atoms with E-state index in [-0.39, 0.29) is 18.4 Å². The van der Waals surface area contributed by atoms with Crippen molar-refractivity contribution in [1.29, 1.82) is 0 Å². The molecule has 0 saturated carbocycles. The van der Waals surface area contributed by atoms with Crippen LogP contribution in [0.25, 0.3) is 0 Å². The van der Waals surface area contributed by atoms with Gasteiger partial charge in [-0.1, -0.05) is 35.9 Å². The Labute approximate surface area is 173 Å². The zero-order valence-corrected chi connectivity index (χ0v) is 16.9. The second-order valence-electron chi connectivity index (χ2n) is 6.86. The largest absolute Gasteiger partial charge is 0.486 e. The van der Waals surface area contributed by atoms with Crippen molar-refractivity contribution in [2.45, 2.75) is 38.3 Å². The number of fused-ring (bicyclic) bond motifs is 1. The average molecular weight is 413 g/mol. The van der Waals surface area contributed by atoms with E-state index in [4.69, 9.17) is 16.3 Å². The topological polar surface area (TPSA) is 51.2 Å². The lowest BCUT2D eigenvalue weighted by atomic mass is 9.87. The van der Waals surface area contributed by atoms with Crippen LogP contribution >= 0.6 is 22.9 Å². The van der Waals surface area contributed by atoms with Gasteiger partial charge >= 0.3 is 0 Å². The molecule has 1 unspecified atom stereocenters. The smallest absolute Gasteiger partial charge is 0.226 e. The van der Waals surface area contributed by atoms with Crippen LogP contribution in [-0.2, 0) is 24.2 Å². The van der Waals surface area contributed by atoms with Crippen LogP contribution in [-0.4, -0.2) is 10.9 Å². The lowest BCUT2D eigenvalue weighted by Gasteiger charge is -2.26. The van der Waals surface area contributed by atoms with E-state index in [1.54, 1.807) is 12.1 Å². The van der Waals surface area contributed by atoms with E-state index >= 15 is 0 Å². The molecule has 1 aliphatic carbocycles. The first-order valence-electron chi connectivity index (χ1n) is 9.36. The van der Waals surface area contributed by atoms with Crippen molar-refractivity contribution in [3.05, 3.63) is 80.8 Å². The third kappa shape index (κ3) is 4.72. The quantitative estimate of drug-likeness (QED) is 0.611. The maximum atomic E-state index is 12.5. The minimum atomic E-state index is 0.0113. The number of aromatic nitrogens is 1. The summed E-state index contributed by atoms with van der Waals surface area (Å²) in [6, 6.07) is 15.7. The first kappa shape index (κ1) is 19.0. The summed E-state index contributed by atoms with van der Waals surface area (Å²) in [5.74, 6) is 0.757. The van der Waals surface area contributed by atoms with E-state index in [9.17, 15) is 4.79 Å². The lowest BCUT2D eigenvalue weighted by molar-refractivity contribution is -0.121. The number of ether oxygens (including phenoxy) is 1. The molecule has 1 N–H and O–H groups in total. The monoisotopic (exact) mass is 412 g/mol. The van der Waals surface area contributed by atoms with Crippen molar-refractivity contribution in [3.8, 4) is 5.75 Å². The number of halogens is 1. The van der Waals surface area contributed by atoms with Crippen LogP contribution in [0.15, 0.2) is 53.9 Å². The number of hydrogen-bond donors (Lipinski definition) is 1. The summed E-state index contributed by atoms with van der Waals surface area (Å²) >= 11 is 7.38. The molecule has 6 heteroatoms. The number of nitrogens with one attached hydrogen (secondary N) is 1. The van der Waals surface area contributed by atoms with Gasteiger partial charge in [-0.15, -0.1) is 11.3 Å². The molecule has 3 aromatic rings. The van der Waals surface area contributed by atoms with Crippen LogP contribution in [0.3, 0.4) is 0 Å². The Kier molecular flexibility index (Phi) is 5.93. The molecular weight excluding hydrogens is 392 g/mol. The highest BCUT2D eigenvalue weighted by Crippen LogP contribution is 2.29. The van der Waals surface area contributed by atoms with Gasteiger partial charge in [0.25, 0.3) is 0 Å². The SMILES string of the molecule is O=C(Cc1csc(COc2ccc(Cl)cc2)n1)NC1CCCc2ccccc21. The average Bonchev–Trinajstić information content (AvgIpc) is 3.15. The third-order valence-electron chi connectivity index (χ3n) is 4.82. The third-order valence-corrected chi connectivity index (χ3v) is 5.94. The fraction of sp³-hybridized carbons (Fsp3) is 0.273. The summed E-state index contributed by atoms with van der Waals surface area (Å²) in [4.78, 5) is 17.0. The molecular formula is C22H21ClN2O2S. The molecule has 1 amide bonds. The van der Waals surface area contributed by atoms with E-state index in [1.165, 1.54) is 22.5 Å². The van der Waals surface area contributed by atoms with Gasteiger partial charge in [0.05, 0.1) is 18.2 Å². The van der Waals surface area contributed by atoms with Crippen LogP contribution in [0.5, 0.6) is 5.75 Å². The first-order valence-corrected chi connectivity index (χ1v) is 10.6. The maximum Gasteiger partial charge on any atom is 0.226 e. The Bertz CT molecular complexity index is 955. The number of aryl methyl sites for hydroxylation is 1. The standard InChI is InChI=1S/C22H21ClN2O2S/c23-16-8-10-18(11-9-16)27-13-22-24-17(14-28-22)12-21(26)25-20-7-3-5-15-4-1-2-6-19(15)20/h1-2,4,6,8-11,14,20H,3,5,7,12-13H2,(H,25,26). The molecule has 4 rings (SSSR count). The second kappa shape index (κ2) is 8.76. The van der Waals surface area contributed by atoms with Crippen LogP contribution in [0.1, 0.15) is 40.7 Å². The van der Waals surface area contributed by atoms with Crippen molar-refractivity contribution in [2.75, 3.05) is 0 Å². The number of nitrogens with zero attached hydrogens (tertiary/aromatic N) is 1. The van der Waals surface area contributed by atoms with Gasteiger partial charge in [0.15, 0.2) is 0 Å². The van der Waals surface area contributed by atoms with Gasteiger partial charge in [-0.25, -0.2) is 4.98 Å². The Morgan fingerprint density at radius 1 is 1.21 bits per heavy atom. The normalized spacial score (nSPS) is 15.7. The molecule has 4 nitrogen and oxygen atoms in total. The summed E-state index contributed by atoms with van der Waals surface area (Å²) in [5, 5.41) is 6.63. The number of hydrogen-bond acceptors (Lipinski definition) is 4. The lowest BCUT2D eigenvalue weighted by Crippen LogP contribution is -2.32. The molecule has 1 aromatic heterocycles. The fourth-order valence-electron chi connectivity index (χ4n) is 3.49. The number of rotatable bonds is 6. The summed E-state index contributed by atoms with van der Waals surface area (Å²) in [5.41, 5.74) is 3.37. The molecule has 0 fully saturated rings. The van der Waals surface area contributed by atoms with Gasteiger partial charge < -0.3 is 10.1 Å². The Morgan fingerprint density at radius 3 is 2.89 bits per heavy atom. The van der Waals surface area contributed by atoms with Crippen LogP contribution in [0.4, 0.5) is 0 Å². The Hall–Kier alpha value is -2.37. The molecule has 1 heterocycles. The first-order chi connectivity index (χ1) is 13.7. The number of thiazole rings is 1. The minimum Gasteiger partial charge on any atom is -0.486 e. The molecule has 0 aliphatic heterocycles. The molecule has 28 heavy (non-hydrogen) atoms. The van der Waals surface area contributed by atoms with E-state index in [1.807, 2.05) is 23.6 Å². The zero-order valence-electron chi connectivity index (χ0n) is 15.4. The Balaban J connectivity index is 1.31. The van der Waals surface area contributed by atoms with Gasteiger partial charge in [0.1, 0.15) is 17.4 Å². The second-order valence-corrected chi connectivity index (χ2v) is 8.24.